The number of benzene rings is 1. The molecule has 1 aliphatic rings. The molecule has 0 saturated heterocycles. The van der Waals surface area contributed by atoms with Gasteiger partial charge in [-0.2, -0.15) is 0 Å². The normalized spacial score (nSPS) is 21.2. The number of nitrogens with one attached hydrogen (secondary N) is 1. The number of halogens is 1. The lowest BCUT2D eigenvalue weighted by Crippen LogP contribution is -2.33. The van der Waals surface area contributed by atoms with Gasteiger partial charge in [-0.1, -0.05) is 24.3 Å². The summed E-state index contributed by atoms with van der Waals surface area (Å²) in [6.07, 6.45) is 1.41. The first-order chi connectivity index (χ1) is 9.16. The highest BCUT2D eigenvalue weighted by molar-refractivity contribution is 9.10. The van der Waals surface area contributed by atoms with Gasteiger partial charge >= 0.3 is 0 Å². The average Bonchev–Trinajstić information content (AvgIpc) is 2.94. The van der Waals surface area contributed by atoms with Crippen molar-refractivity contribution in [2.45, 2.75) is 18.6 Å². The van der Waals surface area contributed by atoms with Crippen LogP contribution in [0.2, 0.25) is 0 Å². The first-order valence-electron chi connectivity index (χ1n) is 5.96. The minimum atomic E-state index is -0.591. The highest BCUT2D eigenvalue weighted by atomic mass is 79.9. The van der Waals surface area contributed by atoms with Gasteiger partial charge < -0.3 is 14.8 Å². The third kappa shape index (κ3) is 2.19. The van der Waals surface area contributed by atoms with Crippen molar-refractivity contribution in [1.29, 1.82) is 0 Å². The van der Waals surface area contributed by atoms with Crippen LogP contribution in [0.15, 0.2) is 45.7 Å². The van der Waals surface area contributed by atoms with E-state index in [2.05, 4.69) is 21.2 Å². The molecule has 3 rings (SSSR count). The lowest BCUT2D eigenvalue weighted by atomic mass is 10.1. The number of rotatable bonds is 2. The summed E-state index contributed by atoms with van der Waals surface area (Å²) >= 11 is 3.17. The molecule has 1 aliphatic carbocycles. The van der Waals surface area contributed by atoms with Crippen LogP contribution in [0.1, 0.15) is 27.5 Å². The summed E-state index contributed by atoms with van der Waals surface area (Å²) in [4.78, 5) is 12.1. The number of carbonyl (C=O) groups is 1. The third-order valence-electron chi connectivity index (χ3n) is 3.35. The topological polar surface area (TPSA) is 62.5 Å². The molecular formula is C14H12BrNO3. The van der Waals surface area contributed by atoms with E-state index < -0.39 is 6.10 Å². The molecule has 0 radical (unpaired) electrons. The fourth-order valence-electron chi connectivity index (χ4n) is 2.42. The largest absolute Gasteiger partial charge is 0.457 e. The molecule has 19 heavy (non-hydrogen) atoms. The Kier molecular flexibility index (Phi) is 3.16. The number of amides is 1. The van der Waals surface area contributed by atoms with Gasteiger partial charge in [0, 0.05) is 6.42 Å². The molecule has 2 atom stereocenters. The van der Waals surface area contributed by atoms with E-state index in [-0.39, 0.29) is 11.9 Å². The van der Waals surface area contributed by atoms with Crippen molar-refractivity contribution >= 4 is 21.8 Å². The molecule has 0 spiro atoms. The first kappa shape index (κ1) is 12.4. The van der Waals surface area contributed by atoms with Gasteiger partial charge in [-0.15, -0.1) is 0 Å². The Morgan fingerprint density at radius 2 is 2.16 bits per heavy atom. The van der Waals surface area contributed by atoms with Crippen molar-refractivity contribution in [2.75, 3.05) is 0 Å². The molecule has 0 aliphatic heterocycles. The van der Waals surface area contributed by atoms with E-state index in [4.69, 9.17) is 4.42 Å². The van der Waals surface area contributed by atoms with E-state index in [0.29, 0.717) is 16.7 Å². The molecule has 1 heterocycles. The zero-order valence-electron chi connectivity index (χ0n) is 9.97. The number of hydrogen-bond acceptors (Lipinski definition) is 3. The molecule has 1 amide bonds. The van der Waals surface area contributed by atoms with Gasteiger partial charge in [0.2, 0.25) is 0 Å². The SMILES string of the molecule is O=C(N[C@@H]1c2ccccc2C[C@@H]1O)c1ccoc1Br. The molecule has 2 aromatic rings. The van der Waals surface area contributed by atoms with Crippen LogP contribution in [0.5, 0.6) is 0 Å². The summed E-state index contributed by atoms with van der Waals surface area (Å²) in [7, 11) is 0. The minimum absolute atomic E-state index is 0.263. The Balaban J connectivity index is 1.84. The standard InChI is InChI=1S/C14H12BrNO3/c15-13-10(5-6-19-13)14(18)16-12-9-4-2-1-3-8(9)7-11(12)17/h1-6,11-12,17H,7H2,(H,16,18)/t11-,12+/m0/s1. The highest BCUT2D eigenvalue weighted by Crippen LogP contribution is 2.31. The minimum Gasteiger partial charge on any atom is -0.457 e. The zero-order chi connectivity index (χ0) is 13.4. The van der Waals surface area contributed by atoms with Crippen molar-refractivity contribution in [3.8, 4) is 0 Å². The lowest BCUT2D eigenvalue weighted by Gasteiger charge is -2.17. The molecule has 5 heteroatoms. The number of aliphatic hydroxyl groups is 1. The second kappa shape index (κ2) is 4.83. The summed E-state index contributed by atoms with van der Waals surface area (Å²) < 4.78 is 5.43. The van der Waals surface area contributed by atoms with Crippen molar-refractivity contribution in [2.24, 2.45) is 0 Å². The Labute approximate surface area is 118 Å². The Hall–Kier alpha value is -1.59. The highest BCUT2D eigenvalue weighted by Gasteiger charge is 2.32. The van der Waals surface area contributed by atoms with Gasteiger partial charge in [0.25, 0.3) is 5.91 Å². The van der Waals surface area contributed by atoms with E-state index in [1.807, 2.05) is 24.3 Å². The van der Waals surface area contributed by atoms with Gasteiger partial charge in [0.15, 0.2) is 4.67 Å². The molecule has 98 valence electrons. The van der Waals surface area contributed by atoms with Crippen LogP contribution >= 0.6 is 15.9 Å². The number of aliphatic hydroxyl groups excluding tert-OH is 1. The summed E-state index contributed by atoms with van der Waals surface area (Å²) in [5, 5.41) is 12.9. The number of carbonyl (C=O) groups excluding carboxylic acids is 1. The van der Waals surface area contributed by atoms with E-state index in [1.54, 1.807) is 6.07 Å². The van der Waals surface area contributed by atoms with E-state index in [0.717, 1.165) is 11.1 Å². The molecule has 0 fully saturated rings. The molecule has 0 saturated carbocycles. The van der Waals surface area contributed by atoms with Crippen LogP contribution in [0, 0.1) is 0 Å². The van der Waals surface area contributed by atoms with Crippen molar-refractivity contribution in [1.82, 2.24) is 5.32 Å². The maximum absolute atomic E-state index is 12.1. The number of fused-ring (bicyclic) bond motifs is 1. The quantitative estimate of drug-likeness (QED) is 0.893. The van der Waals surface area contributed by atoms with Gasteiger partial charge in [0.1, 0.15) is 0 Å². The van der Waals surface area contributed by atoms with Crippen LogP contribution in [0.4, 0.5) is 0 Å². The van der Waals surface area contributed by atoms with Gasteiger partial charge in [-0.25, -0.2) is 0 Å². The maximum Gasteiger partial charge on any atom is 0.256 e. The number of hydrogen-bond donors (Lipinski definition) is 2. The summed E-state index contributed by atoms with van der Waals surface area (Å²) in [5.74, 6) is -0.263. The predicted octanol–water partition coefficient (Wildman–Crippen LogP) is 2.43. The molecule has 1 aromatic heterocycles. The summed E-state index contributed by atoms with van der Waals surface area (Å²) in [5.41, 5.74) is 2.48. The second-order valence-electron chi connectivity index (χ2n) is 4.53. The molecule has 2 N–H and O–H groups in total. The molecule has 1 aromatic carbocycles. The summed E-state index contributed by atoms with van der Waals surface area (Å²) in [6, 6.07) is 8.96. The zero-order valence-corrected chi connectivity index (χ0v) is 11.6. The Morgan fingerprint density at radius 3 is 2.89 bits per heavy atom. The average molecular weight is 322 g/mol. The van der Waals surface area contributed by atoms with Gasteiger partial charge in [0.05, 0.1) is 24.0 Å². The fraction of sp³-hybridized carbons (Fsp3) is 0.214. The molecule has 0 unspecified atom stereocenters. The van der Waals surface area contributed by atoms with Crippen LogP contribution in [-0.2, 0) is 6.42 Å². The molecule has 4 nitrogen and oxygen atoms in total. The van der Waals surface area contributed by atoms with Crippen LogP contribution in [0.25, 0.3) is 0 Å². The predicted molar refractivity (Wildman–Crippen MR) is 72.8 cm³/mol. The van der Waals surface area contributed by atoms with Gasteiger partial charge in [-0.05, 0) is 33.1 Å². The molecule has 0 bridgehead atoms. The second-order valence-corrected chi connectivity index (χ2v) is 5.25. The fourth-order valence-corrected chi connectivity index (χ4v) is 2.84. The van der Waals surface area contributed by atoms with E-state index >= 15 is 0 Å². The van der Waals surface area contributed by atoms with Crippen molar-refractivity contribution in [3.05, 3.63) is 58.0 Å². The van der Waals surface area contributed by atoms with E-state index in [9.17, 15) is 9.90 Å². The van der Waals surface area contributed by atoms with E-state index in [1.165, 1.54) is 6.26 Å². The molecular weight excluding hydrogens is 310 g/mol. The first-order valence-corrected chi connectivity index (χ1v) is 6.76. The van der Waals surface area contributed by atoms with Crippen LogP contribution in [-0.4, -0.2) is 17.1 Å². The van der Waals surface area contributed by atoms with Crippen LogP contribution in [0.3, 0.4) is 0 Å². The van der Waals surface area contributed by atoms with Crippen molar-refractivity contribution in [3.63, 3.8) is 0 Å². The van der Waals surface area contributed by atoms with Crippen molar-refractivity contribution < 1.29 is 14.3 Å². The smallest absolute Gasteiger partial charge is 0.256 e. The van der Waals surface area contributed by atoms with Gasteiger partial charge in [-0.3, -0.25) is 4.79 Å². The van der Waals surface area contributed by atoms with Crippen LogP contribution < -0.4 is 5.32 Å². The number of furan rings is 1. The maximum atomic E-state index is 12.1. The summed E-state index contributed by atoms with van der Waals surface area (Å²) in [6.45, 7) is 0. The Bertz CT molecular complexity index is 623. The third-order valence-corrected chi connectivity index (χ3v) is 3.97. The monoisotopic (exact) mass is 321 g/mol. The Morgan fingerprint density at radius 1 is 1.37 bits per heavy atom. The lowest BCUT2D eigenvalue weighted by molar-refractivity contribution is 0.0856.